The summed E-state index contributed by atoms with van der Waals surface area (Å²) in [4.78, 5) is 107. The van der Waals surface area contributed by atoms with Crippen LogP contribution in [0, 0.1) is 0 Å². The van der Waals surface area contributed by atoms with Gasteiger partial charge in [-0.3, -0.25) is 38.4 Å². The number of amides is 2. The molecule has 0 bridgehead atoms. The van der Waals surface area contributed by atoms with Crippen molar-refractivity contribution in [2.45, 2.75) is 104 Å². The second kappa shape index (κ2) is 30.8. The number of carboxylic acids is 2. The van der Waals surface area contributed by atoms with E-state index in [1.54, 1.807) is 41.5 Å². The number of rotatable bonds is 18. The van der Waals surface area contributed by atoms with Crippen molar-refractivity contribution in [3.63, 3.8) is 0 Å². The Morgan fingerprint density at radius 1 is 0.481 bits per heavy atom. The molecule has 20 heteroatoms. The van der Waals surface area contributed by atoms with Crippen LogP contribution in [-0.4, -0.2) is 121 Å². The first-order valence-electron chi connectivity index (χ1n) is 15.8. The number of Topliss-reactive ketones (excluding diaryl/α,β-unsaturated/α-hetero) is 4. The smallest absolute Gasteiger partial charge is 0.408 e. The number of alkyl carbamates (subject to hydrolysis) is 2. The van der Waals surface area contributed by atoms with E-state index < -0.39 is 41.3 Å². The van der Waals surface area contributed by atoms with Crippen molar-refractivity contribution in [2.75, 3.05) is 40.4 Å². The predicted molar refractivity (Wildman–Crippen MR) is 183 cm³/mol. The molecule has 0 radical (unpaired) electrons. The summed E-state index contributed by atoms with van der Waals surface area (Å²) in [7, 11) is 2.54. The molecule has 52 heavy (non-hydrogen) atoms. The Morgan fingerprint density at radius 3 is 1.00 bits per heavy atom. The van der Waals surface area contributed by atoms with Crippen molar-refractivity contribution >= 4 is 59.2 Å². The molecular weight excluding hydrogens is 696 g/mol. The van der Waals surface area contributed by atoms with Gasteiger partial charge in [0.2, 0.25) is 0 Å². The van der Waals surface area contributed by atoms with E-state index in [0.717, 1.165) is 0 Å². The highest BCUT2D eigenvalue weighted by atomic mass is 16.6. The minimum Gasteiger partial charge on any atom is -0.481 e. The van der Waals surface area contributed by atoms with E-state index in [9.17, 15) is 47.9 Å². The summed E-state index contributed by atoms with van der Waals surface area (Å²) in [6.45, 7) is 9.89. The Kier molecular flexibility index (Phi) is 31.9. The van der Waals surface area contributed by atoms with E-state index in [0.29, 0.717) is 0 Å². The van der Waals surface area contributed by atoms with E-state index in [2.05, 4.69) is 20.1 Å². The van der Waals surface area contributed by atoms with E-state index in [4.69, 9.17) is 31.2 Å². The molecule has 2 amide bonds. The zero-order chi connectivity index (χ0) is 41.5. The van der Waals surface area contributed by atoms with Gasteiger partial charge in [-0.2, -0.15) is 0 Å². The van der Waals surface area contributed by atoms with Crippen LogP contribution >= 0.6 is 0 Å². The highest BCUT2D eigenvalue weighted by Crippen LogP contribution is 2.07. The molecule has 0 aliphatic carbocycles. The Hall–Kier alpha value is -4.98. The van der Waals surface area contributed by atoms with Gasteiger partial charge in [0.15, 0.2) is 11.6 Å². The molecule has 20 nitrogen and oxygen atoms in total. The van der Waals surface area contributed by atoms with Crippen LogP contribution in [0.2, 0.25) is 0 Å². The molecule has 300 valence electrons. The number of hydrogen-bond donors (Lipinski definition) is 6. The number of ketones is 4. The lowest BCUT2D eigenvalue weighted by Gasteiger charge is -2.19. The number of esters is 2. The van der Waals surface area contributed by atoms with Crippen LogP contribution in [0.25, 0.3) is 0 Å². The Labute approximate surface area is 303 Å². The lowest BCUT2D eigenvalue weighted by molar-refractivity contribution is -0.142. The van der Waals surface area contributed by atoms with Crippen molar-refractivity contribution in [2.24, 2.45) is 11.5 Å². The Morgan fingerprint density at radius 2 is 0.750 bits per heavy atom. The van der Waals surface area contributed by atoms with Crippen LogP contribution in [-0.2, 0) is 57.3 Å². The summed E-state index contributed by atoms with van der Waals surface area (Å²) in [6, 6.07) is 0. The minimum absolute atomic E-state index is 0.00298. The maximum atomic E-state index is 11.3. The third kappa shape index (κ3) is 47.1. The summed E-state index contributed by atoms with van der Waals surface area (Å²) in [5.41, 5.74) is 8.70. The van der Waals surface area contributed by atoms with Gasteiger partial charge in [-0.05, 0) is 41.5 Å². The number of carbonyl (C=O) groups is 10. The van der Waals surface area contributed by atoms with E-state index in [-0.39, 0.29) is 107 Å². The van der Waals surface area contributed by atoms with E-state index in [1.807, 2.05) is 0 Å². The molecule has 0 saturated heterocycles. The van der Waals surface area contributed by atoms with E-state index in [1.165, 1.54) is 14.2 Å². The quantitative estimate of drug-likeness (QED) is 0.0833. The number of nitrogens with one attached hydrogen (secondary N) is 2. The number of hydrogen-bond acceptors (Lipinski definition) is 16. The molecule has 0 fully saturated rings. The van der Waals surface area contributed by atoms with Gasteiger partial charge in [0.1, 0.15) is 22.8 Å². The average Bonchev–Trinajstić information content (AvgIpc) is 3.04. The molecule has 0 rings (SSSR count). The van der Waals surface area contributed by atoms with Gasteiger partial charge in [0.05, 0.1) is 66.1 Å². The van der Waals surface area contributed by atoms with Crippen LogP contribution in [0.5, 0.6) is 0 Å². The first kappa shape index (κ1) is 53.8. The van der Waals surface area contributed by atoms with Crippen molar-refractivity contribution in [1.29, 1.82) is 0 Å². The molecule has 0 aromatic carbocycles. The fraction of sp³-hybridized carbons (Fsp3) is 0.688. The fourth-order valence-electron chi connectivity index (χ4n) is 2.53. The molecule has 0 spiro atoms. The summed E-state index contributed by atoms with van der Waals surface area (Å²) < 4.78 is 18.5. The molecule has 0 unspecified atom stereocenters. The van der Waals surface area contributed by atoms with Gasteiger partial charge >= 0.3 is 36.1 Å². The summed E-state index contributed by atoms with van der Waals surface area (Å²) in [6.07, 6.45) is -1.34. The molecular formula is C32H56N4O16. The van der Waals surface area contributed by atoms with E-state index >= 15 is 0 Å². The minimum atomic E-state index is -1.04. The third-order valence-electron chi connectivity index (χ3n) is 5.02. The van der Waals surface area contributed by atoms with Gasteiger partial charge in [-0.25, -0.2) is 9.59 Å². The standard InChI is InChI=1S/C11H19NO5.C10H17NO5.C6H11NO3.C5H9NO3/c1-11(2,3)17-10(15)12-7-8(13)5-6-9(14)16-4;1-10(2,3)16-9(15)11-6-7(12)4-5-8(13)14;1-10-6(9)3-2-5(8)4-7;6-3-4(7)1-2-5(8)9/h5-7H2,1-4H3,(H,12,15);4-6H2,1-3H3,(H,11,15)(H,13,14);2-4,7H2,1H3;1-3,6H2,(H,8,9). The highest BCUT2D eigenvalue weighted by Gasteiger charge is 2.18. The largest absolute Gasteiger partial charge is 0.481 e. The number of methoxy groups -OCH3 is 2. The van der Waals surface area contributed by atoms with Crippen LogP contribution < -0.4 is 22.1 Å². The summed E-state index contributed by atoms with van der Waals surface area (Å²) >= 11 is 0. The third-order valence-corrected chi connectivity index (χ3v) is 5.02. The zero-order valence-electron chi connectivity index (χ0n) is 31.2. The SMILES string of the molecule is CC(C)(C)OC(=O)NCC(=O)CCC(=O)O.COC(=O)CCC(=O)CN.COC(=O)CCC(=O)CNC(=O)OC(C)(C)C.NCC(=O)CCC(=O)O. The topological polar surface area (TPSA) is 324 Å². The normalized spacial score (nSPS) is 10.0. The number of aliphatic carboxylic acids is 2. The van der Waals surface area contributed by atoms with Crippen LogP contribution in [0.15, 0.2) is 0 Å². The fourth-order valence-corrected chi connectivity index (χ4v) is 2.53. The molecule has 0 heterocycles. The maximum absolute atomic E-state index is 11.3. The number of ether oxygens (including phenoxy) is 4. The predicted octanol–water partition coefficient (Wildman–Crippen LogP) is 0.825. The molecule has 0 aliphatic heterocycles. The van der Waals surface area contributed by atoms with Gasteiger partial charge in [0, 0.05) is 25.7 Å². The van der Waals surface area contributed by atoms with Gasteiger partial charge in [-0.15, -0.1) is 0 Å². The maximum Gasteiger partial charge on any atom is 0.408 e. The lowest BCUT2D eigenvalue weighted by atomic mass is 10.2. The van der Waals surface area contributed by atoms with Crippen LogP contribution in [0.3, 0.4) is 0 Å². The zero-order valence-corrected chi connectivity index (χ0v) is 31.2. The Bertz CT molecular complexity index is 1160. The van der Waals surface area contributed by atoms with Gasteiger partial charge < -0.3 is 51.3 Å². The highest BCUT2D eigenvalue weighted by molar-refractivity contribution is 5.87. The average molecular weight is 753 g/mol. The van der Waals surface area contributed by atoms with Crippen molar-refractivity contribution < 1.29 is 77.1 Å². The van der Waals surface area contributed by atoms with Crippen molar-refractivity contribution in [1.82, 2.24) is 10.6 Å². The Balaban J connectivity index is -0.000000306. The summed E-state index contributed by atoms with van der Waals surface area (Å²) in [5.74, 6) is -3.74. The second-order valence-electron chi connectivity index (χ2n) is 12.2. The number of nitrogens with two attached hydrogens (primary N) is 2. The first-order chi connectivity index (χ1) is 23.8. The molecule has 0 aromatic heterocycles. The molecule has 0 saturated carbocycles. The molecule has 0 aromatic rings. The van der Waals surface area contributed by atoms with Gasteiger partial charge in [0.25, 0.3) is 0 Å². The second-order valence-corrected chi connectivity index (χ2v) is 12.2. The monoisotopic (exact) mass is 752 g/mol. The van der Waals surface area contributed by atoms with Crippen LogP contribution in [0.4, 0.5) is 9.59 Å². The number of carboxylic acid groups (broad SMARTS) is 2. The van der Waals surface area contributed by atoms with Crippen molar-refractivity contribution in [3.8, 4) is 0 Å². The molecule has 8 N–H and O–H groups in total. The molecule has 0 aliphatic rings. The number of carbonyl (C=O) groups excluding carboxylic acids is 8. The lowest BCUT2D eigenvalue weighted by Crippen LogP contribution is -2.35. The molecule has 0 atom stereocenters. The van der Waals surface area contributed by atoms with Crippen molar-refractivity contribution in [3.05, 3.63) is 0 Å². The van der Waals surface area contributed by atoms with Crippen LogP contribution in [0.1, 0.15) is 92.9 Å². The van der Waals surface area contributed by atoms with Gasteiger partial charge in [-0.1, -0.05) is 0 Å². The summed E-state index contributed by atoms with van der Waals surface area (Å²) in [5, 5.41) is 21.0. The first-order valence-corrected chi connectivity index (χ1v) is 15.8.